The lowest BCUT2D eigenvalue weighted by Gasteiger charge is -2.21. The van der Waals surface area contributed by atoms with E-state index in [0.717, 1.165) is 17.7 Å². The molecule has 0 saturated carbocycles. The fraction of sp³-hybridized carbons (Fsp3) is 0.267. The van der Waals surface area contributed by atoms with Crippen LogP contribution in [0.3, 0.4) is 0 Å². The van der Waals surface area contributed by atoms with Gasteiger partial charge in [0.2, 0.25) is 0 Å². The summed E-state index contributed by atoms with van der Waals surface area (Å²) in [6, 6.07) is 3.67. The minimum absolute atomic E-state index is 0.0145. The van der Waals surface area contributed by atoms with Crippen LogP contribution in [0.15, 0.2) is 29.9 Å². The quantitative estimate of drug-likeness (QED) is 0.798. The molecule has 3 heterocycles. The number of pyridine rings is 1. The lowest BCUT2D eigenvalue weighted by molar-refractivity contribution is 0.0985. The van der Waals surface area contributed by atoms with Crippen LogP contribution in [0, 0.1) is 0 Å². The van der Waals surface area contributed by atoms with Crippen molar-refractivity contribution in [3.63, 3.8) is 0 Å². The minimum Gasteiger partial charge on any atom is -0.304 e. The molecular formula is C15H14N2O2S. The van der Waals surface area contributed by atoms with Gasteiger partial charge in [0.1, 0.15) is 0 Å². The standard InChI is InChI=1S/C15H14N2O2S/c1-9-5-11-7-16-4-3-13(11)17(9)15(19)14-6-12(8-20-14)10(2)18/h3-4,6-9H,5H2,1-2H3. The van der Waals surface area contributed by atoms with Crippen molar-refractivity contribution in [2.75, 3.05) is 4.90 Å². The first kappa shape index (κ1) is 13.0. The van der Waals surface area contributed by atoms with Crippen LogP contribution in [0.25, 0.3) is 0 Å². The fourth-order valence-corrected chi connectivity index (χ4v) is 3.40. The lowest BCUT2D eigenvalue weighted by Crippen LogP contribution is -2.35. The molecule has 1 aliphatic heterocycles. The van der Waals surface area contributed by atoms with Gasteiger partial charge in [-0.15, -0.1) is 11.3 Å². The van der Waals surface area contributed by atoms with Crippen molar-refractivity contribution in [2.24, 2.45) is 0 Å². The average Bonchev–Trinajstić information content (AvgIpc) is 3.01. The second-order valence-electron chi connectivity index (χ2n) is 4.99. The SMILES string of the molecule is CC(=O)c1csc(C(=O)N2c3ccncc3CC2C)c1. The second kappa shape index (κ2) is 4.83. The van der Waals surface area contributed by atoms with Gasteiger partial charge in [-0.2, -0.15) is 0 Å². The maximum atomic E-state index is 12.7. The largest absolute Gasteiger partial charge is 0.304 e. The molecule has 3 rings (SSSR count). The number of ketones is 1. The van der Waals surface area contributed by atoms with Gasteiger partial charge in [0.25, 0.3) is 5.91 Å². The van der Waals surface area contributed by atoms with E-state index in [4.69, 9.17) is 0 Å². The van der Waals surface area contributed by atoms with E-state index in [-0.39, 0.29) is 17.7 Å². The number of carbonyl (C=O) groups is 2. The van der Waals surface area contributed by atoms with E-state index in [1.807, 2.05) is 19.2 Å². The van der Waals surface area contributed by atoms with Crippen LogP contribution in [0.5, 0.6) is 0 Å². The van der Waals surface area contributed by atoms with Gasteiger partial charge in [-0.3, -0.25) is 14.6 Å². The van der Waals surface area contributed by atoms with Crippen LogP contribution in [0.2, 0.25) is 0 Å². The number of amides is 1. The Balaban J connectivity index is 1.96. The topological polar surface area (TPSA) is 50.3 Å². The molecule has 0 N–H and O–H groups in total. The Hall–Kier alpha value is -2.01. The summed E-state index contributed by atoms with van der Waals surface area (Å²) in [7, 11) is 0. The van der Waals surface area contributed by atoms with Gasteiger partial charge < -0.3 is 4.90 Å². The Kier molecular flexibility index (Phi) is 3.14. The predicted octanol–water partition coefficient (Wildman–Crippen LogP) is 2.94. The van der Waals surface area contributed by atoms with E-state index in [1.165, 1.54) is 18.3 Å². The Bertz CT molecular complexity index is 693. The molecule has 1 aliphatic rings. The molecule has 2 aromatic heterocycles. The highest BCUT2D eigenvalue weighted by atomic mass is 32.1. The molecule has 1 unspecified atom stereocenters. The molecule has 2 aromatic rings. The van der Waals surface area contributed by atoms with Gasteiger partial charge in [0, 0.05) is 29.4 Å². The first-order chi connectivity index (χ1) is 9.58. The molecule has 0 bridgehead atoms. The van der Waals surface area contributed by atoms with Crippen molar-refractivity contribution in [1.82, 2.24) is 4.98 Å². The van der Waals surface area contributed by atoms with Crippen LogP contribution in [0.4, 0.5) is 5.69 Å². The van der Waals surface area contributed by atoms with E-state index in [2.05, 4.69) is 4.98 Å². The summed E-state index contributed by atoms with van der Waals surface area (Å²) in [5.74, 6) is -0.0562. The normalized spacial score (nSPS) is 17.1. The van der Waals surface area contributed by atoms with Crippen LogP contribution < -0.4 is 4.90 Å². The first-order valence-electron chi connectivity index (χ1n) is 6.44. The highest BCUT2D eigenvalue weighted by Gasteiger charge is 2.32. The van der Waals surface area contributed by atoms with Crippen molar-refractivity contribution < 1.29 is 9.59 Å². The van der Waals surface area contributed by atoms with E-state index < -0.39 is 0 Å². The molecule has 0 aliphatic carbocycles. The van der Waals surface area contributed by atoms with Crippen molar-refractivity contribution in [2.45, 2.75) is 26.3 Å². The molecule has 0 radical (unpaired) electrons. The van der Waals surface area contributed by atoms with Crippen molar-refractivity contribution in [3.05, 3.63) is 45.9 Å². The summed E-state index contributed by atoms with van der Waals surface area (Å²) in [6.07, 6.45) is 4.33. The zero-order valence-electron chi connectivity index (χ0n) is 11.3. The molecule has 1 amide bonds. The lowest BCUT2D eigenvalue weighted by atomic mass is 10.2. The Morgan fingerprint density at radius 3 is 2.95 bits per heavy atom. The molecule has 0 spiro atoms. The van der Waals surface area contributed by atoms with Crippen molar-refractivity contribution in [1.29, 1.82) is 0 Å². The van der Waals surface area contributed by atoms with Gasteiger partial charge in [0.05, 0.1) is 10.6 Å². The Morgan fingerprint density at radius 2 is 2.25 bits per heavy atom. The molecule has 1 atom stereocenters. The molecule has 0 saturated heterocycles. The number of hydrogen-bond acceptors (Lipinski definition) is 4. The third-order valence-electron chi connectivity index (χ3n) is 3.53. The van der Waals surface area contributed by atoms with Crippen LogP contribution in [-0.4, -0.2) is 22.7 Å². The molecular weight excluding hydrogens is 272 g/mol. The number of fused-ring (bicyclic) bond motifs is 1. The first-order valence-corrected chi connectivity index (χ1v) is 7.32. The number of carbonyl (C=O) groups excluding carboxylic acids is 2. The van der Waals surface area contributed by atoms with Crippen LogP contribution >= 0.6 is 11.3 Å². The molecule has 0 aromatic carbocycles. The minimum atomic E-state index is -0.0417. The number of thiophene rings is 1. The number of Topliss-reactive ketones (excluding diaryl/α,β-unsaturated/α-hetero) is 1. The molecule has 5 heteroatoms. The zero-order chi connectivity index (χ0) is 14.3. The van der Waals surface area contributed by atoms with E-state index in [9.17, 15) is 9.59 Å². The summed E-state index contributed by atoms with van der Waals surface area (Å²) >= 11 is 1.32. The smallest absolute Gasteiger partial charge is 0.268 e. The summed E-state index contributed by atoms with van der Waals surface area (Å²) in [4.78, 5) is 30.5. The van der Waals surface area contributed by atoms with Crippen LogP contribution in [-0.2, 0) is 6.42 Å². The Labute approximate surface area is 121 Å². The number of aromatic nitrogens is 1. The van der Waals surface area contributed by atoms with Gasteiger partial charge in [-0.1, -0.05) is 0 Å². The number of anilines is 1. The van der Waals surface area contributed by atoms with Crippen LogP contribution in [0.1, 0.15) is 39.4 Å². The monoisotopic (exact) mass is 286 g/mol. The molecule has 20 heavy (non-hydrogen) atoms. The third-order valence-corrected chi connectivity index (χ3v) is 4.45. The van der Waals surface area contributed by atoms with Gasteiger partial charge in [0.15, 0.2) is 5.78 Å². The molecule has 4 nitrogen and oxygen atoms in total. The summed E-state index contributed by atoms with van der Waals surface area (Å²) in [6.45, 7) is 3.53. The molecule has 0 fully saturated rings. The average molecular weight is 286 g/mol. The predicted molar refractivity (Wildman–Crippen MR) is 78.5 cm³/mol. The third kappa shape index (κ3) is 2.04. The zero-order valence-corrected chi connectivity index (χ0v) is 12.1. The number of hydrogen-bond donors (Lipinski definition) is 0. The van der Waals surface area contributed by atoms with Crippen molar-refractivity contribution in [3.8, 4) is 0 Å². The summed E-state index contributed by atoms with van der Waals surface area (Å²) < 4.78 is 0. The van der Waals surface area contributed by atoms with Crippen molar-refractivity contribution >= 4 is 28.7 Å². The van der Waals surface area contributed by atoms with Gasteiger partial charge in [-0.25, -0.2) is 0 Å². The summed E-state index contributed by atoms with van der Waals surface area (Å²) in [5, 5.41) is 1.74. The van der Waals surface area contributed by atoms with Gasteiger partial charge in [-0.05, 0) is 38.0 Å². The maximum Gasteiger partial charge on any atom is 0.268 e. The van der Waals surface area contributed by atoms with E-state index in [0.29, 0.717) is 10.4 Å². The highest BCUT2D eigenvalue weighted by molar-refractivity contribution is 7.12. The Morgan fingerprint density at radius 1 is 1.45 bits per heavy atom. The fourth-order valence-electron chi connectivity index (χ4n) is 2.52. The van der Waals surface area contributed by atoms with E-state index >= 15 is 0 Å². The second-order valence-corrected chi connectivity index (χ2v) is 5.90. The van der Waals surface area contributed by atoms with Gasteiger partial charge >= 0.3 is 0 Å². The maximum absolute atomic E-state index is 12.7. The molecule has 102 valence electrons. The number of rotatable bonds is 2. The van der Waals surface area contributed by atoms with E-state index in [1.54, 1.807) is 22.5 Å². The number of nitrogens with zero attached hydrogens (tertiary/aromatic N) is 2. The highest BCUT2D eigenvalue weighted by Crippen LogP contribution is 2.33. The summed E-state index contributed by atoms with van der Waals surface area (Å²) in [5.41, 5.74) is 2.62.